The van der Waals surface area contributed by atoms with E-state index in [1.165, 1.54) is 5.56 Å². The molecule has 120 valence electrons. The molecule has 0 aliphatic heterocycles. The van der Waals surface area contributed by atoms with Crippen LogP contribution in [0.5, 0.6) is 0 Å². The molecular weight excluding hydrogens is 278 g/mol. The van der Waals surface area contributed by atoms with Gasteiger partial charge in [-0.3, -0.25) is 9.59 Å². The van der Waals surface area contributed by atoms with Crippen LogP contribution in [0.25, 0.3) is 0 Å². The maximum atomic E-state index is 12.6. The van der Waals surface area contributed by atoms with E-state index in [1.54, 1.807) is 11.8 Å². The van der Waals surface area contributed by atoms with Gasteiger partial charge >= 0.3 is 5.97 Å². The topological polar surface area (TPSA) is 46.6 Å². The first-order valence-corrected chi connectivity index (χ1v) is 7.94. The van der Waals surface area contributed by atoms with Gasteiger partial charge in [-0.25, -0.2) is 0 Å². The van der Waals surface area contributed by atoms with Crippen LogP contribution in [0.2, 0.25) is 0 Å². The first-order chi connectivity index (χ1) is 10.4. The maximum absolute atomic E-state index is 12.6. The van der Waals surface area contributed by atoms with Gasteiger partial charge in [0.2, 0.25) is 5.91 Å². The SMILES string of the molecule is CCOC(=O)CN(C(=O)Cc1c(C)cc(C)cc1C)C1CC1. The second-order valence-corrected chi connectivity index (χ2v) is 6.11. The number of carbonyl (C=O) groups excluding carboxylic acids is 2. The summed E-state index contributed by atoms with van der Waals surface area (Å²) < 4.78 is 4.98. The lowest BCUT2D eigenvalue weighted by Crippen LogP contribution is -2.39. The summed E-state index contributed by atoms with van der Waals surface area (Å²) in [5.74, 6) is -0.300. The largest absolute Gasteiger partial charge is 0.465 e. The first kappa shape index (κ1) is 16.5. The van der Waals surface area contributed by atoms with Gasteiger partial charge in [0.05, 0.1) is 13.0 Å². The summed E-state index contributed by atoms with van der Waals surface area (Å²) in [6.07, 6.45) is 2.32. The van der Waals surface area contributed by atoms with Crippen molar-refractivity contribution in [3.63, 3.8) is 0 Å². The highest BCUT2D eigenvalue weighted by Crippen LogP contribution is 2.28. The molecular formula is C18H25NO3. The lowest BCUT2D eigenvalue weighted by atomic mass is 9.97. The molecule has 1 amide bonds. The van der Waals surface area contributed by atoms with Crippen molar-refractivity contribution in [1.29, 1.82) is 0 Å². The predicted molar refractivity (Wildman–Crippen MR) is 85.7 cm³/mol. The number of nitrogens with zero attached hydrogens (tertiary/aromatic N) is 1. The maximum Gasteiger partial charge on any atom is 0.325 e. The molecule has 2 rings (SSSR count). The molecule has 1 aliphatic rings. The average molecular weight is 303 g/mol. The van der Waals surface area contributed by atoms with Crippen molar-refractivity contribution in [3.8, 4) is 0 Å². The zero-order chi connectivity index (χ0) is 16.3. The molecule has 1 aromatic carbocycles. The summed E-state index contributed by atoms with van der Waals surface area (Å²) in [5, 5.41) is 0. The molecule has 0 atom stereocenters. The summed E-state index contributed by atoms with van der Waals surface area (Å²) in [7, 11) is 0. The van der Waals surface area contributed by atoms with E-state index in [9.17, 15) is 9.59 Å². The highest BCUT2D eigenvalue weighted by Gasteiger charge is 2.34. The van der Waals surface area contributed by atoms with E-state index in [-0.39, 0.29) is 24.5 Å². The molecule has 1 aliphatic carbocycles. The van der Waals surface area contributed by atoms with Crippen LogP contribution in [0.4, 0.5) is 0 Å². The van der Waals surface area contributed by atoms with E-state index < -0.39 is 0 Å². The van der Waals surface area contributed by atoms with Crippen LogP contribution >= 0.6 is 0 Å². The highest BCUT2D eigenvalue weighted by molar-refractivity contribution is 5.84. The molecule has 0 saturated heterocycles. The van der Waals surface area contributed by atoms with Crippen molar-refractivity contribution < 1.29 is 14.3 Å². The second kappa shape index (κ2) is 6.95. The van der Waals surface area contributed by atoms with Crippen molar-refractivity contribution in [2.75, 3.05) is 13.2 Å². The average Bonchev–Trinajstić information content (AvgIpc) is 3.24. The molecule has 0 unspecified atom stereocenters. The minimum atomic E-state index is -0.319. The van der Waals surface area contributed by atoms with Gasteiger partial charge in [-0.2, -0.15) is 0 Å². The van der Waals surface area contributed by atoms with Crippen LogP contribution in [0.1, 0.15) is 42.0 Å². The van der Waals surface area contributed by atoms with Gasteiger partial charge in [0.25, 0.3) is 0 Å². The molecule has 0 spiro atoms. The lowest BCUT2D eigenvalue weighted by molar-refractivity contribution is -0.149. The van der Waals surface area contributed by atoms with Gasteiger partial charge in [-0.15, -0.1) is 0 Å². The van der Waals surface area contributed by atoms with Gasteiger partial charge in [0.15, 0.2) is 0 Å². The first-order valence-electron chi connectivity index (χ1n) is 7.94. The summed E-state index contributed by atoms with van der Waals surface area (Å²) >= 11 is 0. The van der Waals surface area contributed by atoms with Crippen molar-refractivity contribution in [2.45, 2.75) is 53.0 Å². The van der Waals surface area contributed by atoms with E-state index in [0.717, 1.165) is 29.5 Å². The fraction of sp³-hybridized carbons (Fsp3) is 0.556. The smallest absolute Gasteiger partial charge is 0.325 e. The van der Waals surface area contributed by atoms with Crippen molar-refractivity contribution in [3.05, 3.63) is 34.4 Å². The van der Waals surface area contributed by atoms with Crippen molar-refractivity contribution in [1.82, 2.24) is 4.90 Å². The number of rotatable bonds is 6. The third-order valence-corrected chi connectivity index (χ3v) is 4.08. The Morgan fingerprint density at radius 3 is 2.27 bits per heavy atom. The molecule has 0 N–H and O–H groups in total. The van der Waals surface area contributed by atoms with Crippen molar-refractivity contribution >= 4 is 11.9 Å². The molecule has 4 heteroatoms. The molecule has 0 radical (unpaired) electrons. The van der Waals surface area contributed by atoms with Gasteiger partial charge in [0, 0.05) is 6.04 Å². The fourth-order valence-corrected chi connectivity index (χ4v) is 2.89. The Bertz CT molecular complexity index is 553. The number of benzene rings is 1. The molecule has 0 aromatic heterocycles. The van der Waals surface area contributed by atoms with Crippen molar-refractivity contribution in [2.24, 2.45) is 0 Å². The Hall–Kier alpha value is -1.84. The third-order valence-electron chi connectivity index (χ3n) is 4.08. The van der Waals surface area contributed by atoms with Gasteiger partial charge in [0.1, 0.15) is 6.54 Å². The van der Waals surface area contributed by atoms with E-state index in [2.05, 4.69) is 19.1 Å². The van der Waals surface area contributed by atoms with Gasteiger partial charge in [-0.1, -0.05) is 17.7 Å². The third kappa shape index (κ3) is 4.09. The lowest BCUT2D eigenvalue weighted by Gasteiger charge is -2.22. The number of aryl methyl sites for hydroxylation is 3. The molecule has 1 aromatic rings. The summed E-state index contributed by atoms with van der Waals surface area (Å²) in [5.41, 5.74) is 4.55. The second-order valence-electron chi connectivity index (χ2n) is 6.11. The molecule has 0 bridgehead atoms. The number of carbonyl (C=O) groups is 2. The summed E-state index contributed by atoms with van der Waals surface area (Å²) in [4.78, 5) is 26.0. The number of hydrogen-bond acceptors (Lipinski definition) is 3. The Balaban J connectivity index is 2.10. The molecule has 0 heterocycles. The standard InChI is InChI=1S/C18H25NO3/c1-5-22-18(21)11-19(15-6-7-15)17(20)10-16-13(3)8-12(2)9-14(16)4/h8-9,15H,5-7,10-11H2,1-4H3. The zero-order valence-electron chi connectivity index (χ0n) is 13.9. The minimum Gasteiger partial charge on any atom is -0.465 e. The normalized spacial score (nSPS) is 13.8. The van der Waals surface area contributed by atoms with E-state index in [1.807, 2.05) is 13.8 Å². The highest BCUT2D eigenvalue weighted by atomic mass is 16.5. The number of esters is 1. The summed E-state index contributed by atoms with van der Waals surface area (Å²) in [6.45, 7) is 8.33. The Morgan fingerprint density at radius 1 is 1.18 bits per heavy atom. The molecule has 1 fully saturated rings. The quantitative estimate of drug-likeness (QED) is 0.759. The van der Waals surface area contributed by atoms with Crippen LogP contribution < -0.4 is 0 Å². The Kier molecular flexibility index (Phi) is 5.22. The van der Waals surface area contributed by atoms with Gasteiger partial charge < -0.3 is 9.64 Å². The van der Waals surface area contributed by atoms with E-state index >= 15 is 0 Å². The van der Waals surface area contributed by atoms with E-state index in [4.69, 9.17) is 4.74 Å². The number of amides is 1. The van der Waals surface area contributed by atoms with Crippen LogP contribution in [0.15, 0.2) is 12.1 Å². The van der Waals surface area contributed by atoms with Crippen LogP contribution in [-0.2, 0) is 20.7 Å². The Labute approximate surface area is 132 Å². The fourth-order valence-electron chi connectivity index (χ4n) is 2.89. The Morgan fingerprint density at radius 2 is 1.77 bits per heavy atom. The van der Waals surface area contributed by atoms with E-state index in [0.29, 0.717) is 13.0 Å². The zero-order valence-corrected chi connectivity index (χ0v) is 13.9. The number of hydrogen-bond donors (Lipinski definition) is 0. The van der Waals surface area contributed by atoms with Crippen LogP contribution in [0, 0.1) is 20.8 Å². The van der Waals surface area contributed by atoms with Crippen LogP contribution in [-0.4, -0.2) is 36.0 Å². The molecule has 22 heavy (non-hydrogen) atoms. The van der Waals surface area contributed by atoms with Gasteiger partial charge in [-0.05, 0) is 57.2 Å². The number of ether oxygens (including phenoxy) is 1. The predicted octanol–water partition coefficient (Wildman–Crippen LogP) is 2.71. The molecule has 1 saturated carbocycles. The molecule has 4 nitrogen and oxygen atoms in total. The minimum absolute atomic E-state index is 0.0191. The monoisotopic (exact) mass is 303 g/mol. The summed E-state index contributed by atoms with van der Waals surface area (Å²) in [6, 6.07) is 4.41. The van der Waals surface area contributed by atoms with Crippen LogP contribution in [0.3, 0.4) is 0 Å².